The fraction of sp³-hybridized carbons (Fsp3) is 0.529. The van der Waals surface area contributed by atoms with Gasteiger partial charge < -0.3 is 10.6 Å². The zero-order valence-electron chi connectivity index (χ0n) is 14.6. The van der Waals surface area contributed by atoms with Gasteiger partial charge in [0.25, 0.3) is 0 Å². The Morgan fingerprint density at radius 2 is 1.76 bits per heavy atom. The van der Waals surface area contributed by atoms with E-state index in [1.54, 1.807) is 0 Å². The van der Waals surface area contributed by atoms with Crippen LogP contribution in [0.2, 0.25) is 5.02 Å². The van der Waals surface area contributed by atoms with E-state index in [1.165, 1.54) is 19.9 Å². The summed E-state index contributed by atoms with van der Waals surface area (Å²) in [6.07, 6.45) is -3.95. The zero-order chi connectivity index (χ0) is 19.4. The predicted octanol–water partition coefficient (Wildman–Crippen LogP) is 4.49. The number of alkyl halides is 3. The summed E-state index contributed by atoms with van der Waals surface area (Å²) in [6, 6.07) is 3.03. The Morgan fingerprint density at radius 3 is 2.28 bits per heavy atom. The molecule has 1 aromatic rings. The Morgan fingerprint density at radius 1 is 1.16 bits per heavy atom. The van der Waals surface area contributed by atoms with E-state index in [0.29, 0.717) is 12.5 Å². The van der Waals surface area contributed by atoms with E-state index in [0.717, 1.165) is 18.6 Å². The van der Waals surface area contributed by atoms with Crippen molar-refractivity contribution in [2.75, 3.05) is 11.9 Å². The minimum absolute atomic E-state index is 0.101. The second kappa shape index (κ2) is 8.08. The van der Waals surface area contributed by atoms with Crippen molar-refractivity contribution in [2.24, 2.45) is 11.3 Å². The largest absolute Gasteiger partial charge is 0.418 e. The average Bonchev–Trinajstić information content (AvgIpc) is 2.47. The highest BCUT2D eigenvalue weighted by Gasteiger charge is 2.39. The van der Waals surface area contributed by atoms with E-state index in [2.05, 4.69) is 10.6 Å². The highest BCUT2D eigenvalue weighted by molar-refractivity contribution is 6.30. The average molecular weight is 379 g/mol. The SMILES string of the molecule is CC(C)CCNC(=O)C(C)(C)C(=O)Nc1ccc(Cl)cc1C(F)(F)F. The molecule has 0 aliphatic heterocycles. The normalized spacial score (nSPS) is 12.2. The monoisotopic (exact) mass is 378 g/mol. The molecule has 0 atom stereocenters. The smallest absolute Gasteiger partial charge is 0.355 e. The van der Waals surface area contributed by atoms with E-state index in [-0.39, 0.29) is 5.02 Å². The summed E-state index contributed by atoms with van der Waals surface area (Å²) in [5.74, 6) is -1.00. The molecule has 4 nitrogen and oxygen atoms in total. The van der Waals surface area contributed by atoms with Crippen LogP contribution in [0.5, 0.6) is 0 Å². The molecule has 25 heavy (non-hydrogen) atoms. The summed E-state index contributed by atoms with van der Waals surface area (Å²) < 4.78 is 39.3. The van der Waals surface area contributed by atoms with Gasteiger partial charge in [-0.05, 0) is 44.4 Å². The maximum absolute atomic E-state index is 13.1. The molecule has 1 aromatic carbocycles. The minimum atomic E-state index is -4.68. The first kappa shape index (κ1) is 21.3. The molecule has 2 N–H and O–H groups in total. The molecule has 0 fully saturated rings. The third-order valence-electron chi connectivity index (χ3n) is 3.68. The number of benzene rings is 1. The van der Waals surface area contributed by atoms with E-state index in [4.69, 9.17) is 11.6 Å². The van der Waals surface area contributed by atoms with Crippen molar-refractivity contribution in [3.63, 3.8) is 0 Å². The molecule has 8 heteroatoms. The van der Waals surface area contributed by atoms with Crippen molar-refractivity contribution >= 4 is 29.1 Å². The van der Waals surface area contributed by atoms with E-state index in [1.807, 2.05) is 13.8 Å². The van der Waals surface area contributed by atoms with Crippen LogP contribution in [0.25, 0.3) is 0 Å². The predicted molar refractivity (Wildman–Crippen MR) is 91.3 cm³/mol. The van der Waals surface area contributed by atoms with Gasteiger partial charge in [0.05, 0.1) is 11.3 Å². The number of halogens is 4. The molecule has 2 amide bonds. The fourth-order valence-corrected chi connectivity index (χ4v) is 2.11. The van der Waals surface area contributed by atoms with Crippen LogP contribution in [0.15, 0.2) is 18.2 Å². The lowest BCUT2D eigenvalue weighted by atomic mass is 9.90. The van der Waals surface area contributed by atoms with Crippen molar-refractivity contribution in [3.05, 3.63) is 28.8 Å². The molecular formula is C17H22ClF3N2O2. The van der Waals surface area contributed by atoms with Crippen molar-refractivity contribution < 1.29 is 22.8 Å². The molecule has 0 aliphatic rings. The lowest BCUT2D eigenvalue weighted by Crippen LogP contribution is -2.45. The Kier molecular flexibility index (Phi) is 6.88. The Labute approximate surface area is 150 Å². The Balaban J connectivity index is 2.92. The zero-order valence-corrected chi connectivity index (χ0v) is 15.3. The van der Waals surface area contributed by atoms with Gasteiger partial charge in [-0.3, -0.25) is 9.59 Å². The summed E-state index contributed by atoms with van der Waals surface area (Å²) in [4.78, 5) is 24.6. The van der Waals surface area contributed by atoms with Crippen LogP contribution in [0.1, 0.15) is 39.7 Å². The number of carbonyl (C=O) groups excluding carboxylic acids is 2. The lowest BCUT2D eigenvalue weighted by Gasteiger charge is -2.24. The van der Waals surface area contributed by atoms with Gasteiger partial charge >= 0.3 is 6.18 Å². The second-order valence-corrected chi connectivity index (χ2v) is 7.14. The van der Waals surface area contributed by atoms with Crippen molar-refractivity contribution in [3.8, 4) is 0 Å². The first-order chi connectivity index (χ1) is 11.4. The topological polar surface area (TPSA) is 58.2 Å². The van der Waals surface area contributed by atoms with E-state index >= 15 is 0 Å². The number of nitrogens with one attached hydrogen (secondary N) is 2. The molecule has 0 saturated heterocycles. The van der Waals surface area contributed by atoms with Crippen molar-refractivity contribution in [2.45, 2.75) is 40.3 Å². The maximum atomic E-state index is 13.1. The Hall–Kier alpha value is -1.76. The quantitative estimate of drug-likeness (QED) is 0.717. The van der Waals surface area contributed by atoms with Gasteiger partial charge in [-0.15, -0.1) is 0 Å². The van der Waals surface area contributed by atoms with Crippen LogP contribution in [-0.4, -0.2) is 18.4 Å². The summed E-state index contributed by atoms with van der Waals surface area (Å²) >= 11 is 5.61. The third kappa shape index (κ3) is 5.92. The Bertz CT molecular complexity index is 643. The van der Waals surface area contributed by atoms with Crippen molar-refractivity contribution in [1.29, 1.82) is 0 Å². The van der Waals surface area contributed by atoms with Gasteiger partial charge in [0.1, 0.15) is 5.41 Å². The maximum Gasteiger partial charge on any atom is 0.418 e. The van der Waals surface area contributed by atoms with Crippen LogP contribution < -0.4 is 10.6 Å². The first-order valence-electron chi connectivity index (χ1n) is 7.82. The van der Waals surface area contributed by atoms with Crippen LogP contribution in [0.3, 0.4) is 0 Å². The lowest BCUT2D eigenvalue weighted by molar-refractivity contribution is -0.138. The molecular weight excluding hydrogens is 357 g/mol. The van der Waals surface area contributed by atoms with Crippen LogP contribution in [-0.2, 0) is 15.8 Å². The second-order valence-electron chi connectivity index (χ2n) is 6.71. The molecule has 0 aliphatic carbocycles. The van der Waals surface area contributed by atoms with E-state index < -0.39 is 34.7 Å². The van der Waals surface area contributed by atoms with Gasteiger partial charge in [0.2, 0.25) is 11.8 Å². The number of anilines is 1. The molecule has 0 radical (unpaired) electrons. The number of amides is 2. The molecule has 0 saturated carbocycles. The molecule has 0 spiro atoms. The van der Waals surface area contributed by atoms with Crippen LogP contribution >= 0.6 is 11.6 Å². The van der Waals surface area contributed by atoms with Crippen LogP contribution in [0.4, 0.5) is 18.9 Å². The first-order valence-corrected chi connectivity index (χ1v) is 8.20. The molecule has 0 unspecified atom stereocenters. The molecule has 140 valence electrons. The standard InChI is InChI=1S/C17H22ClF3N2O2/c1-10(2)7-8-22-14(24)16(3,4)15(25)23-13-6-5-11(18)9-12(13)17(19,20)21/h5-6,9-10H,7-8H2,1-4H3,(H,22,24)(H,23,25). The van der Waals surface area contributed by atoms with Gasteiger partial charge in [0, 0.05) is 11.6 Å². The van der Waals surface area contributed by atoms with Gasteiger partial charge in [-0.25, -0.2) is 0 Å². The number of carbonyl (C=O) groups is 2. The summed E-state index contributed by atoms with van der Waals surface area (Å²) in [7, 11) is 0. The van der Waals surface area contributed by atoms with Crippen molar-refractivity contribution in [1.82, 2.24) is 5.32 Å². The molecule has 1 rings (SSSR count). The molecule has 0 bridgehead atoms. The highest BCUT2D eigenvalue weighted by atomic mass is 35.5. The number of rotatable bonds is 6. The summed E-state index contributed by atoms with van der Waals surface area (Å²) in [5, 5.41) is 4.72. The summed E-state index contributed by atoms with van der Waals surface area (Å²) in [6.45, 7) is 7.08. The fourth-order valence-electron chi connectivity index (χ4n) is 1.94. The summed E-state index contributed by atoms with van der Waals surface area (Å²) in [5.41, 5.74) is -3.03. The number of hydrogen-bond donors (Lipinski definition) is 2. The van der Waals surface area contributed by atoms with Gasteiger partial charge in [-0.1, -0.05) is 25.4 Å². The molecule has 0 aromatic heterocycles. The molecule has 0 heterocycles. The van der Waals surface area contributed by atoms with Gasteiger partial charge in [0.15, 0.2) is 0 Å². The third-order valence-corrected chi connectivity index (χ3v) is 3.91. The van der Waals surface area contributed by atoms with Crippen LogP contribution in [0, 0.1) is 11.3 Å². The van der Waals surface area contributed by atoms with E-state index in [9.17, 15) is 22.8 Å². The highest BCUT2D eigenvalue weighted by Crippen LogP contribution is 2.37. The minimum Gasteiger partial charge on any atom is -0.355 e. The van der Waals surface area contributed by atoms with Gasteiger partial charge in [-0.2, -0.15) is 13.2 Å². The number of hydrogen-bond acceptors (Lipinski definition) is 2.